The number of nitriles is 1. The van der Waals surface area contributed by atoms with Crippen LogP contribution in [-0.4, -0.2) is 61.0 Å². The van der Waals surface area contributed by atoms with Crippen molar-refractivity contribution in [3.63, 3.8) is 0 Å². The maximum atomic E-state index is 13.5. The monoisotopic (exact) mass is 471 g/mol. The zero-order valence-electron chi connectivity index (χ0n) is 21.8. The second kappa shape index (κ2) is 10.1. The molecular formula is C27H45N5O2. The third kappa shape index (κ3) is 5.14. The van der Waals surface area contributed by atoms with Crippen molar-refractivity contribution in [3.8, 4) is 6.07 Å². The number of hydrogen-bond donors (Lipinski definition) is 3. The van der Waals surface area contributed by atoms with Crippen LogP contribution in [0.15, 0.2) is 0 Å². The molecule has 1 aliphatic carbocycles. The number of piperidine rings is 3. The minimum atomic E-state index is -0.485. The Morgan fingerprint density at radius 2 is 1.88 bits per heavy atom. The van der Waals surface area contributed by atoms with E-state index in [-0.39, 0.29) is 29.8 Å². The summed E-state index contributed by atoms with van der Waals surface area (Å²) in [5.41, 5.74) is -0.485. The highest BCUT2D eigenvalue weighted by Gasteiger charge is 2.47. The molecule has 4 rings (SSSR count). The number of rotatable bonds is 4. The van der Waals surface area contributed by atoms with Crippen molar-refractivity contribution in [3.05, 3.63) is 0 Å². The normalized spacial score (nSPS) is 41.4. The van der Waals surface area contributed by atoms with E-state index >= 15 is 0 Å². The zero-order chi connectivity index (χ0) is 24.6. The summed E-state index contributed by atoms with van der Waals surface area (Å²) in [6.45, 7) is 10.2. The summed E-state index contributed by atoms with van der Waals surface area (Å²) in [7, 11) is 2.01. The molecule has 7 heteroatoms. The van der Waals surface area contributed by atoms with E-state index in [1.165, 1.54) is 0 Å². The SMILES string of the molecule is CC1CC2C(CN1)CC(C1CC(NC(=O)C3CCNC(C(C)(C)C#N)C3)CCC1C)C(=O)N2C. The Morgan fingerprint density at radius 1 is 1.12 bits per heavy atom. The average Bonchev–Trinajstić information content (AvgIpc) is 2.83. The molecule has 0 bridgehead atoms. The summed E-state index contributed by atoms with van der Waals surface area (Å²) in [5.74, 6) is 1.83. The largest absolute Gasteiger partial charge is 0.353 e. The van der Waals surface area contributed by atoms with Crippen LogP contribution in [0, 0.1) is 46.3 Å². The van der Waals surface area contributed by atoms with Crippen LogP contribution in [0.2, 0.25) is 0 Å². The summed E-state index contributed by atoms with van der Waals surface area (Å²) >= 11 is 0. The number of nitrogens with zero attached hydrogens (tertiary/aromatic N) is 2. The lowest BCUT2D eigenvalue weighted by Crippen LogP contribution is -2.60. The van der Waals surface area contributed by atoms with Crippen molar-refractivity contribution in [1.29, 1.82) is 5.26 Å². The molecule has 0 aromatic rings. The van der Waals surface area contributed by atoms with Gasteiger partial charge >= 0.3 is 0 Å². The molecule has 0 aromatic carbocycles. The van der Waals surface area contributed by atoms with Crippen LogP contribution < -0.4 is 16.0 Å². The minimum absolute atomic E-state index is 0.0382. The van der Waals surface area contributed by atoms with Crippen LogP contribution in [0.1, 0.15) is 72.6 Å². The van der Waals surface area contributed by atoms with Crippen LogP contribution in [0.3, 0.4) is 0 Å². The Hall–Kier alpha value is -1.65. The number of carbonyl (C=O) groups excluding carboxylic acids is 2. The molecule has 0 radical (unpaired) electrons. The summed E-state index contributed by atoms with van der Waals surface area (Å²) in [5, 5.41) is 19.9. The van der Waals surface area contributed by atoms with E-state index in [4.69, 9.17) is 0 Å². The Balaban J connectivity index is 1.38. The fourth-order valence-corrected chi connectivity index (χ4v) is 7.20. The molecule has 0 aromatic heterocycles. The van der Waals surface area contributed by atoms with E-state index in [1.54, 1.807) is 0 Å². The summed E-state index contributed by atoms with van der Waals surface area (Å²) in [4.78, 5) is 28.7. The molecule has 2 amide bonds. The van der Waals surface area contributed by atoms with Crippen molar-refractivity contribution in [1.82, 2.24) is 20.9 Å². The standard InChI is InChI=1S/C27H45N5O2/c1-16-6-7-20(31-25(33)18-8-9-29-24(12-18)27(3,4)15-28)13-21(16)22-11-19-14-30-17(2)10-23(19)32(5)26(22)34/h16-24,29-30H,6-14H2,1-5H3,(H,31,33). The van der Waals surface area contributed by atoms with Gasteiger partial charge in [-0.15, -0.1) is 0 Å². The molecule has 190 valence electrons. The van der Waals surface area contributed by atoms with Gasteiger partial charge in [0.1, 0.15) is 0 Å². The van der Waals surface area contributed by atoms with Crippen LogP contribution in [0.25, 0.3) is 0 Å². The van der Waals surface area contributed by atoms with Gasteiger partial charge < -0.3 is 20.9 Å². The second-order valence-corrected chi connectivity index (χ2v) is 12.4. The lowest BCUT2D eigenvalue weighted by molar-refractivity contribution is -0.148. The van der Waals surface area contributed by atoms with E-state index in [0.717, 1.165) is 51.6 Å². The molecule has 1 saturated carbocycles. The van der Waals surface area contributed by atoms with Crippen LogP contribution >= 0.6 is 0 Å². The highest BCUT2D eigenvalue weighted by atomic mass is 16.2. The van der Waals surface area contributed by atoms with E-state index in [1.807, 2.05) is 20.9 Å². The Bertz CT molecular complexity index is 807. The number of nitrogens with one attached hydrogen (secondary N) is 3. The topological polar surface area (TPSA) is 97.3 Å². The van der Waals surface area contributed by atoms with Gasteiger partial charge in [-0.1, -0.05) is 6.92 Å². The molecule has 0 spiro atoms. The van der Waals surface area contributed by atoms with Crippen LogP contribution in [-0.2, 0) is 9.59 Å². The fraction of sp³-hybridized carbons (Fsp3) is 0.889. The smallest absolute Gasteiger partial charge is 0.225 e. The average molecular weight is 472 g/mol. The molecule has 3 aliphatic heterocycles. The number of fused-ring (bicyclic) bond motifs is 1. The van der Waals surface area contributed by atoms with E-state index in [0.29, 0.717) is 42.2 Å². The number of amides is 2. The van der Waals surface area contributed by atoms with Crippen molar-refractivity contribution >= 4 is 11.8 Å². The van der Waals surface area contributed by atoms with Crippen LogP contribution in [0.5, 0.6) is 0 Å². The van der Waals surface area contributed by atoms with Gasteiger partial charge in [0.05, 0.1) is 11.5 Å². The highest BCUT2D eigenvalue weighted by Crippen LogP contribution is 2.43. The van der Waals surface area contributed by atoms with Gasteiger partial charge in [0, 0.05) is 49.6 Å². The molecule has 4 aliphatic rings. The molecule has 34 heavy (non-hydrogen) atoms. The van der Waals surface area contributed by atoms with Gasteiger partial charge in [-0.3, -0.25) is 9.59 Å². The Kier molecular flexibility index (Phi) is 7.59. The van der Waals surface area contributed by atoms with E-state index < -0.39 is 5.41 Å². The number of carbonyl (C=O) groups is 2. The zero-order valence-corrected chi connectivity index (χ0v) is 21.8. The first-order valence-electron chi connectivity index (χ1n) is 13.6. The molecule has 4 fully saturated rings. The van der Waals surface area contributed by atoms with Crippen LogP contribution in [0.4, 0.5) is 0 Å². The lowest BCUT2D eigenvalue weighted by atomic mass is 9.65. The number of likely N-dealkylation sites (tertiary alicyclic amines) is 1. The van der Waals surface area contributed by atoms with E-state index in [2.05, 4.69) is 40.8 Å². The van der Waals surface area contributed by atoms with Gasteiger partial charge in [-0.2, -0.15) is 5.26 Å². The number of hydrogen-bond acceptors (Lipinski definition) is 5. The van der Waals surface area contributed by atoms with E-state index in [9.17, 15) is 14.9 Å². The summed E-state index contributed by atoms with van der Waals surface area (Å²) in [6, 6.07) is 3.41. The molecule has 9 unspecified atom stereocenters. The predicted molar refractivity (Wildman–Crippen MR) is 133 cm³/mol. The quantitative estimate of drug-likeness (QED) is 0.586. The summed E-state index contributed by atoms with van der Waals surface area (Å²) in [6.07, 6.45) is 6.49. The van der Waals surface area contributed by atoms with Gasteiger partial charge in [0.2, 0.25) is 11.8 Å². The van der Waals surface area contributed by atoms with Crippen molar-refractivity contribution in [2.45, 2.75) is 96.8 Å². The third-order valence-electron chi connectivity index (χ3n) is 9.64. The predicted octanol–water partition coefficient (Wildman–Crippen LogP) is 2.67. The Labute approximate surface area is 205 Å². The van der Waals surface area contributed by atoms with Gasteiger partial charge in [0.25, 0.3) is 0 Å². The molecule has 3 N–H and O–H groups in total. The van der Waals surface area contributed by atoms with Gasteiger partial charge in [-0.05, 0) is 90.0 Å². The first-order chi connectivity index (χ1) is 16.1. The van der Waals surface area contributed by atoms with Gasteiger partial charge in [0.15, 0.2) is 0 Å². The highest BCUT2D eigenvalue weighted by molar-refractivity contribution is 5.81. The minimum Gasteiger partial charge on any atom is -0.353 e. The van der Waals surface area contributed by atoms with Crippen molar-refractivity contribution in [2.24, 2.45) is 35.0 Å². The lowest BCUT2D eigenvalue weighted by Gasteiger charge is -2.50. The Morgan fingerprint density at radius 3 is 2.62 bits per heavy atom. The van der Waals surface area contributed by atoms with Gasteiger partial charge in [-0.25, -0.2) is 0 Å². The third-order valence-corrected chi connectivity index (χ3v) is 9.64. The first kappa shape index (κ1) is 25.4. The molecule has 3 saturated heterocycles. The maximum absolute atomic E-state index is 13.5. The summed E-state index contributed by atoms with van der Waals surface area (Å²) < 4.78 is 0. The maximum Gasteiger partial charge on any atom is 0.225 e. The van der Waals surface area contributed by atoms with Crippen molar-refractivity contribution < 1.29 is 9.59 Å². The molecule has 7 nitrogen and oxygen atoms in total. The first-order valence-corrected chi connectivity index (χ1v) is 13.6. The molecular weight excluding hydrogens is 426 g/mol. The molecule has 3 heterocycles. The van der Waals surface area contributed by atoms with Crippen molar-refractivity contribution in [2.75, 3.05) is 20.1 Å². The fourth-order valence-electron chi connectivity index (χ4n) is 7.20. The second-order valence-electron chi connectivity index (χ2n) is 12.4. The molecule has 9 atom stereocenters.